The topological polar surface area (TPSA) is 41.3 Å². The van der Waals surface area contributed by atoms with E-state index in [1.807, 2.05) is 19.0 Å². The Balaban J connectivity index is 2.88. The third-order valence-electron chi connectivity index (χ3n) is 2.18. The van der Waals surface area contributed by atoms with Gasteiger partial charge in [0.25, 0.3) is 0 Å². The highest BCUT2D eigenvalue weighted by atomic mass is 35.5. The van der Waals surface area contributed by atoms with Gasteiger partial charge >= 0.3 is 0 Å². The highest BCUT2D eigenvalue weighted by Gasteiger charge is 2.09. The molecule has 0 aliphatic rings. The van der Waals surface area contributed by atoms with Crippen LogP contribution >= 0.6 is 11.6 Å². The smallest absolute Gasteiger partial charge is 0.143 e. The van der Waals surface area contributed by atoms with Gasteiger partial charge < -0.3 is 16.0 Å². The summed E-state index contributed by atoms with van der Waals surface area (Å²) in [6, 6.07) is 2.79. The molecule has 0 fully saturated rings. The fourth-order valence-electron chi connectivity index (χ4n) is 1.28. The van der Waals surface area contributed by atoms with E-state index in [-0.39, 0.29) is 5.02 Å². The third kappa shape index (κ3) is 2.97. The Morgan fingerprint density at radius 2 is 2.20 bits per heavy atom. The molecular formula is C10H15ClFN3. The zero-order chi connectivity index (χ0) is 11.4. The average molecular weight is 232 g/mol. The van der Waals surface area contributed by atoms with Crippen molar-refractivity contribution >= 4 is 23.0 Å². The van der Waals surface area contributed by atoms with E-state index in [2.05, 4.69) is 5.32 Å². The lowest BCUT2D eigenvalue weighted by molar-refractivity contribution is 0.628. The first-order chi connectivity index (χ1) is 7.06. The van der Waals surface area contributed by atoms with Crippen molar-refractivity contribution in [1.82, 2.24) is 5.32 Å². The molecule has 0 heterocycles. The first-order valence-electron chi connectivity index (χ1n) is 4.66. The van der Waals surface area contributed by atoms with Crippen LogP contribution < -0.4 is 16.0 Å². The van der Waals surface area contributed by atoms with Gasteiger partial charge in [-0.3, -0.25) is 0 Å². The van der Waals surface area contributed by atoms with Crippen molar-refractivity contribution in [3.63, 3.8) is 0 Å². The van der Waals surface area contributed by atoms with E-state index in [9.17, 15) is 4.39 Å². The van der Waals surface area contributed by atoms with E-state index in [0.29, 0.717) is 5.69 Å². The van der Waals surface area contributed by atoms with Crippen LogP contribution in [0, 0.1) is 5.82 Å². The molecule has 5 heteroatoms. The Kier molecular flexibility index (Phi) is 4.17. The normalized spacial score (nSPS) is 10.4. The second-order valence-corrected chi connectivity index (χ2v) is 3.76. The molecule has 15 heavy (non-hydrogen) atoms. The fourth-order valence-corrected chi connectivity index (χ4v) is 1.44. The summed E-state index contributed by atoms with van der Waals surface area (Å²) in [6.45, 7) is 1.60. The molecule has 3 nitrogen and oxygen atoms in total. The molecule has 0 saturated carbocycles. The Bertz CT molecular complexity index is 344. The molecule has 1 aromatic carbocycles. The maximum absolute atomic E-state index is 13.0. The van der Waals surface area contributed by atoms with Gasteiger partial charge in [-0.1, -0.05) is 11.6 Å². The predicted molar refractivity (Wildman–Crippen MR) is 63.0 cm³/mol. The molecule has 0 unspecified atom stereocenters. The number of halogens is 2. The third-order valence-corrected chi connectivity index (χ3v) is 2.47. The maximum Gasteiger partial charge on any atom is 0.143 e. The summed E-state index contributed by atoms with van der Waals surface area (Å²) in [5.74, 6) is -0.486. The van der Waals surface area contributed by atoms with Crippen LogP contribution in [-0.2, 0) is 0 Å². The van der Waals surface area contributed by atoms with Crippen LogP contribution in [-0.4, -0.2) is 27.2 Å². The zero-order valence-electron chi connectivity index (χ0n) is 8.85. The minimum atomic E-state index is -0.486. The molecule has 0 amide bonds. The zero-order valence-corrected chi connectivity index (χ0v) is 9.61. The summed E-state index contributed by atoms with van der Waals surface area (Å²) in [5.41, 5.74) is 6.85. The number of benzene rings is 1. The van der Waals surface area contributed by atoms with Crippen molar-refractivity contribution in [3.05, 3.63) is 23.0 Å². The van der Waals surface area contributed by atoms with Crippen molar-refractivity contribution in [3.8, 4) is 0 Å². The van der Waals surface area contributed by atoms with Gasteiger partial charge in [-0.2, -0.15) is 0 Å². The highest BCUT2D eigenvalue weighted by molar-refractivity contribution is 6.31. The van der Waals surface area contributed by atoms with Crippen LogP contribution in [0.5, 0.6) is 0 Å². The van der Waals surface area contributed by atoms with Crippen LogP contribution in [0.1, 0.15) is 0 Å². The molecule has 0 atom stereocenters. The number of nitrogen functional groups attached to an aromatic ring is 1. The lowest BCUT2D eigenvalue weighted by Gasteiger charge is -2.21. The second kappa shape index (κ2) is 5.19. The van der Waals surface area contributed by atoms with E-state index in [4.69, 9.17) is 17.3 Å². The molecule has 84 valence electrons. The molecule has 0 radical (unpaired) electrons. The van der Waals surface area contributed by atoms with Crippen LogP contribution in [0.2, 0.25) is 5.02 Å². The molecule has 0 bridgehead atoms. The van der Waals surface area contributed by atoms with Gasteiger partial charge in [0.2, 0.25) is 0 Å². The van der Waals surface area contributed by atoms with Gasteiger partial charge in [-0.05, 0) is 13.1 Å². The number of nitrogens with zero attached hydrogens (tertiary/aromatic N) is 1. The number of hydrogen-bond acceptors (Lipinski definition) is 3. The number of rotatable bonds is 4. The Morgan fingerprint density at radius 3 is 2.80 bits per heavy atom. The molecule has 0 aliphatic carbocycles. The minimum Gasteiger partial charge on any atom is -0.397 e. The van der Waals surface area contributed by atoms with Gasteiger partial charge in [0.15, 0.2) is 0 Å². The highest BCUT2D eigenvalue weighted by Crippen LogP contribution is 2.28. The molecule has 0 saturated heterocycles. The maximum atomic E-state index is 13.0. The van der Waals surface area contributed by atoms with Crippen molar-refractivity contribution < 1.29 is 4.39 Å². The van der Waals surface area contributed by atoms with Crippen molar-refractivity contribution in [1.29, 1.82) is 0 Å². The molecule has 0 aromatic heterocycles. The Labute approximate surface area is 94.0 Å². The molecule has 0 spiro atoms. The molecule has 1 rings (SSSR count). The van der Waals surface area contributed by atoms with E-state index in [1.54, 1.807) is 6.07 Å². The first kappa shape index (κ1) is 12.1. The van der Waals surface area contributed by atoms with Gasteiger partial charge in [0, 0.05) is 26.2 Å². The first-order valence-corrected chi connectivity index (χ1v) is 5.04. The fraction of sp³-hybridized carbons (Fsp3) is 0.400. The van der Waals surface area contributed by atoms with Gasteiger partial charge in [-0.15, -0.1) is 0 Å². The largest absolute Gasteiger partial charge is 0.397 e. The number of nitrogens with two attached hydrogens (primary N) is 1. The molecule has 0 aliphatic heterocycles. The second-order valence-electron chi connectivity index (χ2n) is 3.35. The van der Waals surface area contributed by atoms with Crippen molar-refractivity contribution in [2.45, 2.75) is 0 Å². The quantitative estimate of drug-likeness (QED) is 0.776. The molecule has 3 N–H and O–H groups in total. The lowest BCUT2D eigenvalue weighted by Crippen LogP contribution is -2.27. The van der Waals surface area contributed by atoms with Crippen LogP contribution in [0.4, 0.5) is 15.8 Å². The molecular weight excluding hydrogens is 217 g/mol. The number of nitrogens with one attached hydrogen (secondary N) is 1. The predicted octanol–water partition coefficient (Wildman–Crippen LogP) is 1.72. The molecule has 1 aromatic rings. The van der Waals surface area contributed by atoms with E-state index < -0.39 is 5.82 Å². The average Bonchev–Trinajstić information content (AvgIpc) is 2.20. The minimum absolute atomic E-state index is 0.0931. The standard InChI is InChI=1S/C10H15ClFN3/c1-14-3-4-15(2)10-5-7(11)8(12)6-9(10)13/h5-6,14H,3-4,13H2,1-2H3. The Hall–Kier alpha value is -1.00. The monoisotopic (exact) mass is 231 g/mol. The summed E-state index contributed by atoms with van der Waals surface area (Å²) in [5, 5.41) is 3.12. The van der Waals surface area contributed by atoms with Crippen LogP contribution in [0.15, 0.2) is 12.1 Å². The summed E-state index contributed by atoms with van der Waals surface area (Å²) in [7, 11) is 3.76. The van der Waals surface area contributed by atoms with E-state index in [1.165, 1.54) is 6.07 Å². The van der Waals surface area contributed by atoms with Gasteiger partial charge in [0.05, 0.1) is 16.4 Å². The lowest BCUT2D eigenvalue weighted by atomic mass is 10.2. The van der Waals surface area contributed by atoms with E-state index in [0.717, 1.165) is 18.8 Å². The van der Waals surface area contributed by atoms with Crippen molar-refractivity contribution in [2.75, 3.05) is 37.8 Å². The van der Waals surface area contributed by atoms with Crippen molar-refractivity contribution in [2.24, 2.45) is 0 Å². The van der Waals surface area contributed by atoms with Gasteiger partial charge in [-0.25, -0.2) is 4.39 Å². The van der Waals surface area contributed by atoms with Crippen LogP contribution in [0.3, 0.4) is 0 Å². The summed E-state index contributed by atoms with van der Waals surface area (Å²) in [6.07, 6.45) is 0. The van der Waals surface area contributed by atoms with Crippen LogP contribution in [0.25, 0.3) is 0 Å². The van der Waals surface area contributed by atoms with Gasteiger partial charge in [0.1, 0.15) is 5.82 Å². The van der Waals surface area contributed by atoms with E-state index >= 15 is 0 Å². The number of likely N-dealkylation sites (N-methyl/N-ethyl adjacent to an activating group) is 2. The summed E-state index contributed by atoms with van der Waals surface area (Å²) < 4.78 is 13.0. The Morgan fingerprint density at radius 1 is 1.53 bits per heavy atom. The summed E-state index contributed by atoms with van der Waals surface area (Å²) in [4.78, 5) is 1.93. The SMILES string of the molecule is CNCCN(C)c1cc(Cl)c(F)cc1N. The number of hydrogen-bond donors (Lipinski definition) is 2. The number of anilines is 2. The summed E-state index contributed by atoms with van der Waals surface area (Å²) >= 11 is 5.69.